The van der Waals surface area contributed by atoms with E-state index in [1.54, 1.807) is 30.1 Å². The Balaban J connectivity index is 2.24. The molecule has 0 aliphatic heterocycles. The second-order valence-electron chi connectivity index (χ2n) is 4.40. The molecule has 104 valence electrons. The fourth-order valence-electron chi connectivity index (χ4n) is 1.82. The molecule has 0 aliphatic rings. The molecule has 6 heteroatoms. The molecule has 0 fully saturated rings. The normalized spacial score (nSPS) is 10.3. The van der Waals surface area contributed by atoms with E-state index >= 15 is 0 Å². The van der Waals surface area contributed by atoms with Crippen LogP contribution in [0.15, 0.2) is 36.4 Å². The maximum atomic E-state index is 10.9. The van der Waals surface area contributed by atoms with Gasteiger partial charge in [0.15, 0.2) is 11.5 Å². The lowest BCUT2D eigenvalue weighted by molar-refractivity contribution is 0.0690. The molecule has 0 aliphatic carbocycles. The fourth-order valence-corrected chi connectivity index (χ4v) is 1.95. The topological polar surface area (TPSA) is 79.5 Å². The molecule has 0 bridgehead atoms. The van der Waals surface area contributed by atoms with Crippen LogP contribution in [0.5, 0.6) is 0 Å². The number of aromatic carboxylic acids is 1. The minimum Gasteiger partial charge on any atom is -0.477 e. The van der Waals surface area contributed by atoms with Crippen LogP contribution in [-0.2, 0) is 6.54 Å². The lowest BCUT2D eigenvalue weighted by Gasteiger charge is -2.20. The second-order valence-corrected chi connectivity index (χ2v) is 4.83. The number of nitrogens with two attached hydrogens (primary N) is 1. The van der Waals surface area contributed by atoms with Crippen LogP contribution < -0.4 is 10.6 Å². The Morgan fingerprint density at radius 3 is 2.55 bits per heavy atom. The lowest BCUT2D eigenvalue weighted by atomic mass is 10.2. The third-order valence-corrected chi connectivity index (χ3v) is 3.07. The van der Waals surface area contributed by atoms with E-state index in [-0.39, 0.29) is 5.69 Å². The van der Waals surface area contributed by atoms with E-state index in [0.717, 1.165) is 5.56 Å². The molecular formula is C14H14ClN3O2. The van der Waals surface area contributed by atoms with Crippen LogP contribution in [0, 0.1) is 0 Å². The van der Waals surface area contributed by atoms with Gasteiger partial charge in [-0.2, -0.15) is 0 Å². The largest absolute Gasteiger partial charge is 0.477 e. The molecule has 0 saturated heterocycles. The summed E-state index contributed by atoms with van der Waals surface area (Å²) in [6, 6.07) is 10.3. The van der Waals surface area contributed by atoms with Gasteiger partial charge in [0.2, 0.25) is 0 Å². The van der Waals surface area contributed by atoms with E-state index in [1.165, 1.54) is 6.07 Å². The van der Waals surface area contributed by atoms with Crippen molar-refractivity contribution in [3.8, 4) is 0 Å². The molecular weight excluding hydrogens is 278 g/mol. The molecule has 5 nitrogen and oxygen atoms in total. The van der Waals surface area contributed by atoms with Gasteiger partial charge in [-0.25, -0.2) is 9.78 Å². The zero-order valence-electron chi connectivity index (χ0n) is 10.9. The van der Waals surface area contributed by atoms with E-state index < -0.39 is 5.97 Å². The summed E-state index contributed by atoms with van der Waals surface area (Å²) in [5.41, 5.74) is 7.28. The lowest BCUT2D eigenvalue weighted by Crippen LogP contribution is -2.20. The molecule has 0 atom stereocenters. The number of carboxylic acids is 1. The Labute approximate surface area is 121 Å². The first-order valence-electron chi connectivity index (χ1n) is 5.93. The number of pyridine rings is 1. The average molecular weight is 292 g/mol. The molecule has 2 aromatic rings. The van der Waals surface area contributed by atoms with E-state index in [9.17, 15) is 4.79 Å². The Bertz CT molecular complexity index is 629. The molecule has 1 aromatic heterocycles. The van der Waals surface area contributed by atoms with Gasteiger partial charge in [-0.05, 0) is 29.8 Å². The molecule has 0 radical (unpaired) electrons. The number of nitrogens with zero attached hydrogens (tertiary/aromatic N) is 2. The number of nitrogen functional groups attached to an aromatic ring is 1. The van der Waals surface area contributed by atoms with Crippen molar-refractivity contribution < 1.29 is 9.90 Å². The molecule has 2 rings (SSSR count). The summed E-state index contributed by atoms with van der Waals surface area (Å²) in [6.07, 6.45) is 0. The molecule has 0 saturated carbocycles. The van der Waals surface area contributed by atoms with Crippen LogP contribution in [-0.4, -0.2) is 23.1 Å². The fraction of sp³-hybridized carbons (Fsp3) is 0.143. The van der Waals surface area contributed by atoms with Crippen LogP contribution in [0.3, 0.4) is 0 Å². The molecule has 0 spiro atoms. The number of anilines is 2. The highest BCUT2D eigenvalue weighted by Crippen LogP contribution is 2.22. The van der Waals surface area contributed by atoms with Gasteiger partial charge in [0.25, 0.3) is 0 Å². The van der Waals surface area contributed by atoms with Crippen LogP contribution in [0.1, 0.15) is 16.1 Å². The van der Waals surface area contributed by atoms with Gasteiger partial charge in [-0.15, -0.1) is 0 Å². The second kappa shape index (κ2) is 5.79. The Morgan fingerprint density at radius 1 is 1.30 bits per heavy atom. The van der Waals surface area contributed by atoms with E-state index in [0.29, 0.717) is 23.1 Å². The number of rotatable bonds is 4. The monoisotopic (exact) mass is 291 g/mol. The summed E-state index contributed by atoms with van der Waals surface area (Å²) >= 11 is 5.83. The van der Waals surface area contributed by atoms with Crippen LogP contribution in [0.25, 0.3) is 0 Å². The van der Waals surface area contributed by atoms with Crippen LogP contribution in [0.2, 0.25) is 5.02 Å². The molecule has 3 N–H and O–H groups in total. The number of benzene rings is 1. The third-order valence-electron chi connectivity index (χ3n) is 2.82. The first kappa shape index (κ1) is 14.1. The molecule has 20 heavy (non-hydrogen) atoms. The maximum absolute atomic E-state index is 10.9. The highest BCUT2D eigenvalue weighted by molar-refractivity contribution is 6.30. The summed E-state index contributed by atoms with van der Waals surface area (Å²) in [4.78, 5) is 16.8. The van der Waals surface area contributed by atoms with E-state index in [4.69, 9.17) is 22.4 Å². The summed E-state index contributed by atoms with van der Waals surface area (Å²) in [5.74, 6) is -0.633. The van der Waals surface area contributed by atoms with Gasteiger partial charge in [-0.1, -0.05) is 23.7 Å². The first-order chi connectivity index (χ1) is 9.47. The number of carbonyl (C=O) groups is 1. The van der Waals surface area contributed by atoms with Gasteiger partial charge in [-0.3, -0.25) is 0 Å². The zero-order chi connectivity index (χ0) is 14.7. The number of aromatic nitrogens is 1. The van der Waals surface area contributed by atoms with Gasteiger partial charge in [0.1, 0.15) is 0 Å². The van der Waals surface area contributed by atoms with Crippen molar-refractivity contribution in [1.82, 2.24) is 4.98 Å². The van der Waals surface area contributed by atoms with Crippen molar-refractivity contribution in [2.75, 3.05) is 17.7 Å². The average Bonchev–Trinajstić information content (AvgIpc) is 2.41. The SMILES string of the molecule is CN(Cc1ccc(Cl)cc1)c1nc(C(=O)O)ccc1N. The van der Waals surface area contributed by atoms with E-state index in [2.05, 4.69) is 4.98 Å². The maximum Gasteiger partial charge on any atom is 0.354 e. The summed E-state index contributed by atoms with van der Waals surface area (Å²) in [6.45, 7) is 0.553. The van der Waals surface area contributed by atoms with Crippen molar-refractivity contribution in [3.63, 3.8) is 0 Å². The quantitative estimate of drug-likeness (QED) is 0.905. The highest BCUT2D eigenvalue weighted by Gasteiger charge is 2.12. The Hall–Kier alpha value is -2.27. The Morgan fingerprint density at radius 2 is 1.95 bits per heavy atom. The van der Waals surface area contributed by atoms with Crippen LogP contribution >= 0.6 is 11.6 Å². The van der Waals surface area contributed by atoms with Gasteiger partial charge in [0, 0.05) is 18.6 Å². The van der Waals surface area contributed by atoms with Crippen molar-refractivity contribution in [2.24, 2.45) is 0 Å². The minimum atomic E-state index is -1.08. The standard InChI is InChI=1S/C14H14ClN3O2/c1-18(8-9-2-4-10(15)5-3-9)13-11(16)6-7-12(17-13)14(19)20/h2-7H,8,16H2,1H3,(H,19,20). The smallest absolute Gasteiger partial charge is 0.354 e. The number of hydrogen-bond acceptors (Lipinski definition) is 4. The number of halogens is 1. The summed E-state index contributed by atoms with van der Waals surface area (Å²) < 4.78 is 0. The van der Waals surface area contributed by atoms with Crippen molar-refractivity contribution >= 4 is 29.1 Å². The van der Waals surface area contributed by atoms with Gasteiger partial charge in [0.05, 0.1) is 5.69 Å². The van der Waals surface area contributed by atoms with Crippen molar-refractivity contribution in [1.29, 1.82) is 0 Å². The third kappa shape index (κ3) is 3.19. The molecule has 0 unspecified atom stereocenters. The molecule has 1 heterocycles. The van der Waals surface area contributed by atoms with Crippen molar-refractivity contribution in [3.05, 3.63) is 52.7 Å². The first-order valence-corrected chi connectivity index (χ1v) is 6.30. The molecule has 0 amide bonds. The highest BCUT2D eigenvalue weighted by atomic mass is 35.5. The van der Waals surface area contributed by atoms with Crippen molar-refractivity contribution in [2.45, 2.75) is 6.54 Å². The van der Waals surface area contributed by atoms with E-state index in [1.807, 2.05) is 12.1 Å². The predicted molar refractivity (Wildman–Crippen MR) is 79.2 cm³/mol. The summed E-state index contributed by atoms with van der Waals surface area (Å²) in [5, 5.41) is 9.63. The van der Waals surface area contributed by atoms with Gasteiger partial charge >= 0.3 is 5.97 Å². The number of carboxylic acid groups (broad SMARTS) is 1. The predicted octanol–water partition coefficient (Wildman–Crippen LogP) is 2.65. The zero-order valence-corrected chi connectivity index (χ0v) is 11.6. The Kier molecular flexibility index (Phi) is 4.10. The number of hydrogen-bond donors (Lipinski definition) is 2. The van der Waals surface area contributed by atoms with Crippen LogP contribution in [0.4, 0.5) is 11.5 Å². The summed E-state index contributed by atoms with van der Waals surface area (Å²) in [7, 11) is 1.80. The minimum absolute atomic E-state index is 0.0304. The van der Waals surface area contributed by atoms with Gasteiger partial charge < -0.3 is 15.7 Å². The molecule has 1 aromatic carbocycles.